The van der Waals surface area contributed by atoms with Crippen LogP contribution in [0.5, 0.6) is 0 Å². The molecule has 4 rings (SSSR count). The number of rotatable bonds is 5. The molecule has 2 N–H and O–H groups in total. The molecule has 0 radical (unpaired) electrons. The lowest BCUT2D eigenvalue weighted by Gasteiger charge is -2.19. The summed E-state index contributed by atoms with van der Waals surface area (Å²) in [6.45, 7) is -0.378. The fraction of sp³-hybridized carbons (Fsp3) is 0.526. The number of para-hydroxylation sites is 2. The molecule has 1 aromatic heterocycles. The van der Waals surface area contributed by atoms with Crippen molar-refractivity contribution in [2.75, 3.05) is 0 Å². The molecule has 0 unspecified atom stereocenters. The molecule has 9 heteroatoms. The summed E-state index contributed by atoms with van der Waals surface area (Å²) in [4.78, 5) is 20.5. The monoisotopic (exact) mass is 394 g/mol. The first kappa shape index (κ1) is 18.8. The van der Waals surface area contributed by atoms with Gasteiger partial charge in [-0.25, -0.2) is 9.78 Å². The maximum absolute atomic E-state index is 13.3. The molecule has 2 fully saturated rings. The number of carbonyl (C=O) groups is 1. The highest BCUT2D eigenvalue weighted by Crippen LogP contribution is 2.49. The van der Waals surface area contributed by atoms with Gasteiger partial charge in [0.2, 0.25) is 5.82 Å². The largest absolute Gasteiger partial charge is 0.449 e. The van der Waals surface area contributed by atoms with Crippen LogP contribution in [0.2, 0.25) is 0 Å². The number of imidazole rings is 1. The summed E-state index contributed by atoms with van der Waals surface area (Å²) >= 11 is 0. The summed E-state index contributed by atoms with van der Waals surface area (Å²) in [5, 5.41) is 3.56. The van der Waals surface area contributed by atoms with Crippen molar-refractivity contribution in [3.05, 3.63) is 30.1 Å². The van der Waals surface area contributed by atoms with Crippen molar-refractivity contribution < 1.29 is 22.8 Å². The Bertz CT molecular complexity index is 922. The molecular formula is C19H21F3N4O2. The first-order chi connectivity index (χ1) is 13.3. The van der Waals surface area contributed by atoms with E-state index in [9.17, 15) is 18.0 Å². The van der Waals surface area contributed by atoms with Crippen molar-refractivity contribution in [1.82, 2.24) is 9.55 Å². The van der Waals surface area contributed by atoms with Gasteiger partial charge in [-0.3, -0.25) is 0 Å². The van der Waals surface area contributed by atoms with Gasteiger partial charge in [0, 0.05) is 0 Å². The fourth-order valence-corrected chi connectivity index (χ4v) is 4.63. The van der Waals surface area contributed by atoms with Crippen LogP contribution in [0.25, 0.3) is 11.0 Å². The molecule has 2 aliphatic carbocycles. The van der Waals surface area contributed by atoms with Crippen molar-refractivity contribution in [3.8, 4) is 0 Å². The van der Waals surface area contributed by atoms with Crippen molar-refractivity contribution in [2.45, 2.75) is 44.8 Å². The summed E-state index contributed by atoms with van der Waals surface area (Å²) in [5.74, 6) is -0.184. The number of amidine groups is 1. The number of fused-ring (bicyclic) bond motifs is 3. The summed E-state index contributed by atoms with van der Waals surface area (Å²) in [6, 6.07) is 6.23. The van der Waals surface area contributed by atoms with Crippen molar-refractivity contribution in [2.24, 2.45) is 28.6 Å². The van der Waals surface area contributed by atoms with E-state index >= 15 is 0 Å². The summed E-state index contributed by atoms with van der Waals surface area (Å²) in [6.07, 6.45) is 0.243. The van der Waals surface area contributed by atoms with Gasteiger partial charge >= 0.3 is 12.1 Å². The summed E-state index contributed by atoms with van der Waals surface area (Å²) in [7, 11) is 0. The van der Waals surface area contributed by atoms with Crippen LogP contribution in [0.3, 0.4) is 0 Å². The lowest BCUT2D eigenvalue weighted by molar-refractivity contribution is -0.147. The van der Waals surface area contributed by atoms with E-state index in [0.29, 0.717) is 17.8 Å². The predicted octanol–water partition coefficient (Wildman–Crippen LogP) is 3.70. The zero-order valence-corrected chi connectivity index (χ0v) is 15.2. The van der Waals surface area contributed by atoms with Crippen LogP contribution >= 0.6 is 0 Å². The van der Waals surface area contributed by atoms with Gasteiger partial charge in [-0.15, -0.1) is 0 Å². The molecule has 2 aliphatic rings. The fourth-order valence-electron chi connectivity index (χ4n) is 4.63. The first-order valence-electron chi connectivity index (χ1n) is 9.36. The van der Waals surface area contributed by atoms with E-state index < -0.39 is 18.0 Å². The summed E-state index contributed by atoms with van der Waals surface area (Å²) in [5.41, 5.74) is 6.23. The van der Waals surface area contributed by atoms with E-state index in [1.807, 2.05) is 0 Å². The zero-order valence-electron chi connectivity index (χ0n) is 15.2. The number of alkyl halides is 3. The Labute approximate surface area is 159 Å². The third kappa shape index (κ3) is 3.70. The lowest BCUT2D eigenvalue weighted by Crippen LogP contribution is -2.25. The number of nitrogens with zero attached hydrogens (tertiary/aromatic N) is 3. The molecular weight excluding hydrogens is 373 g/mol. The summed E-state index contributed by atoms with van der Waals surface area (Å²) < 4.78 is 40.8. The van der Waals surface area contributed by atoms with E-state index in [0.717, 1.165) is 17.4 Å². The van der Waals surface area contributed by atoms with Crippen molar-refractivity contribution in [1.29, 1.82) is 0 Å². The normalized spacial score (nSPS) is 24.8. The van der Waals surface area contributed by atoms with Crippen LogP contribution in [-0.2, 0) is 22.4 Å². The molecule has 2 aromatic rings. The van der Waals surface area contributed by atoms with E-state index in [1.54, 1.807) is 12.1 Å². The molecule has 3 atom stereocenters. The molecule has 0 spiro atoms. The zero-order chi connectivity index (χ0) is 19.9. The molecule has 28 heavy (non-hydrogen) atoms. The third-order valence-corrected chi connectivity index (χ3v) is 5.81. The average molecular weight is 394 g/mol. The second kappa shape index (κ2) is 7.10. The number of halogens is 3. The average Bonchev–Trinajstić information content (AvgIpc) is 3.34. The molecule has 1 aromatic carbocycles. The van der Waals surface area contributed by atoms with Crippen LogP contribution in [-0.4, -0.2) is 21.4 Å². The van der Waals surface area contributed by atoms with Crippen LogP contribution in [0.4, 0.5) is 13.2 Å². The smallest absolute Gasteiger partial charge is 0.383 e. The van der Waals surface area contributed by atoms with Gasteiger partial charge in [0.25, 0.3) is 0 Å². The molecule has 1 heterocycles. The molecule has 6 nitrogen and oxygen atoms in total. The van der Waals surface area contributed by atoms with Crippen LogP contribution in [0.15, 0.2) is 29.4 Å². The van der Waals surface area contributed by atoms with Gasteiger partial charge in [-0.05, 0) is 49.1 Å². The van der Waals surface area contributed by atoms with Crippen LogP contribution in [0, 0.1) is 17.8 Å². The quantitative estimate of drug-likeness (QED) is 0.363. The lowest BCUT2D eigenvalue weighted by atomic mass is 9.86. The van der Waals surface area contributed by atoms with E-state index in [2.05, 4.69) is 10.1 Å². The maximum Gasteiger partial charge on any atom is 0.449 e. The van der Waals surface area contributed by atoms with Crippen molar-refractivity contribution >= 4 is 22.8 Å². The third-order valence-electron chi connectivity index (χ3n) is 5.81. The van der Waals surface area contributed by atoms with Gasteiger partial charge in [-0.1, -0.05) is 23.7 Å². The Morgan fingerprint density at radius 3 is 2.75 bits per heavy atom. The van der Waals surface area contributed by atoms with E-state index in [-0.39, 0.29) is 29.8 Å². The van der Waals surface area contributed by atoms with Crippen molar-refractivity contribution in [3.63, 3.8) is 0 Å². The minimum Gasteiger partial charge on any atom is -0.383 e. The SMILES string of the molecule is N/C(Cn1c(C(F)(F)F)nc2ccccc21)=N/OC(=O)C[C@H]1C[C@H]2CC[C@H]1C2. The highest BCUT2D eigenvalue weighted by atomic mass is 19.4. The second-order valence-corrected chi connectivity index (χ2v) is 7.69. The minimum absolute atomic E-state index is 0.205. The Kier molecular flexibility index (Phi) is 4.76. The minimum atomic E-state index is -4.64. The Morgan fingerprint density at radius 1 is 1.29 bits per heavy atom. The van der Waals surface area contributed by atoms with Crippen LogP contribution in [0.1, 0.15) is 37.9 Å². The standard InChI is InChI=1S/C19H21F3N4O2/c20-19(21,22)18-24-14-3-1-2-4-15(14)26(18)10-16(23)25-28-17(27)9-13-8-11-5-6-12(13)7-11/h1-4,11-13H,5-10H2,(H2,23,25)/t11-,12-,13+/m0/s1. The Hall–Kier alpha value is -2.58. The number of nitrogens with two attached hydrogens (primary N) is 1. The Balaban J connectivity index is 1.44. The Morgan fingerprint density at radius 2 is 2.07 bits per heavy atom. The molecule has 2 bridgehead atoms. The van der Waals surface area contributed by atoms with Gasteiger partial charge in [0.05, 0.1) is 24.0 Å². The van der Waals surface area contributed by atoms with Crippen LogP contribution < -0.4 is 5.73 Å². The first-order valence-corrected chi connectivity index (χ1v) is 9.36. The number of benzene rings is 1. The van der Waals surface area contributed by atoms with Gasteiger partial charge in [-0.2, -0.15) is 13.2 Å². The number of carbonyl (C=O) groups excluding carboxylic acids is 1. The van der Waals surface area contributed by atoms with Gasteiger partial charge in [0.15, 0.2) is 5.84 Å². The number of hydrogen-bond donors (Lipinski definition) is 1. The van der Waals surface area contributed by atoms with Gasteiger partial charge in [0.1, 0.15) is 0 Å². The molecule has 0 saturated heterocycles. The number of oxime groups is 1. The molecule has 150 valence electrons. The highest BCUT2D eigenvalue weighted by molar-refractivity contribution is 5.84. The maximum atomic E-state index is 13.3. The topological polar surface area (TPSA) is 82.5 Å². The molecule has 2 saturated carbocycles. The van der Waals surface area contributed by atoms with E-state index in [1.165, 1.54) is 25.0 Å². The number of aromatic nitrogens is 2. The highest BCUT2D eigenvalue weighted by Gasteiger charge is 2.40. The van der Waals surface area contributed by atoms with Gasteiger partial charge < -0.3 is 15.1 Å². The predicted molar refractivity (Wildman–Crippen MR) is 96.0 cm³/mol. The van der Waals surface area contributed by atoms with E-state index in [4.69, 9.17) is 10.6 Å². The molecule has 0 aliphatic heterocycles. The number of hydrogen-bond acceptors (Lipinski definition) is 4. The molecule has 0 amide bonds. The second-order valence-electron chi connectivity index (χ2n) is 7.69.